The van der Waals surface area contributed by atoms with Gasteiger partial charge in [-0.3, -0.25) is 5.41 Å². The number of benzene rings is 2. The summed E-state index contributed by atoms with van der Waals surface area (Å²) < 4.78 is 2.21. The number of allylic oxidation sites excluding steroid dienone is 5. The SMILES string of the molecule is C=C/C=C(\C=C/C)c1cccc(Cn2ccc3cc(C(=N)N)ccc32)c1. The summed E-state index contributed by atoms with van der Waals surface area (Å²) in [5, 5.41) is 8.67. The quantitative estimate of drug-likeness (QED) is 0.365. The molecule has 2 aromatic carbocycles. The fourth-order valence-electron chi connectivity index (χ4n) is 3.11. The highest BCUT2D eigenvalue weighted by Gasteiger charge is 2.06. The Balaban J connectivity index is 1.93. The molecule has 0 bridgehead atoms. The van der Waals surface area contributed by atoms with Gasteiger partial charge >= 0.3 is 0 Å². The van der Waals surface area contributed by atoms with E-state index in [1.54, 1.807) is 0 Å². The Hall–Kier alpha value is -3.33. The number of fused-ring (bicyclic) bond motifs is 1. The van der Waals surface area contributed by atoms with Gasteiger partial charge in [0.05, 0.1) is 0 Å². The van der Waals surface area contributed by atoms with Crippen LogP contribution in [0.4, 0.5) is 0 Å². The van der Waals surface area contributed by atoms with E-state index >= 15 is 0 Å². The van der Waals surface area contributed by atoms with E-state index < -0.39 is 0 Å². The Morgan fingerprint density at radius 3 is 2.73 bits per heavy atom. The second-order valence-corrected chi connectivity index (χ2v) is 6.19. The number of rotatable bonds is 6. The first-order chi connectivity index (χ1) is 12.6. The average molecular weight is 341 g/mol. The van der Waals surface area contributed by atoms with Crippen molar-refractivity contribution in [3.63, 3.8) is 0 Å². The van der Waals surface area contributed by atoms with Crippen LogP contribution in [0.2, 0.25) is 0 Å². The Bertz CT molecular complexity index is 1020. The van der Waals surface area contributed by atoms with Crippen LogP contribution in [0.25, 0.3) is 16.5 Å². The molecule has 0 unspecified atom stereocenters. The summed E-state index contributed by atoms with van der Waals surface area (Å²) >= 11 is 0. The van der Waals surface area contributed by atoms with Crippen LogP contribution in [0.15, 0.2) is 85.6 Å². The van der Waals surface area contributed by atoms with E-state index in [0.29, 0.717) is 0 Å². The molecular weight excluding hydrogens is 318 g/mol. The number of amidine groups is 1. The maximum atomic E-state index is 7.58. The lowest BCUT2D eigenvalue weighted by Crippen LogP contribution is -2.10. The van der Waals surface area contributed by atoms with Gasteiger partial charge in [0.25, 0.3) is 0 Å². The highest BCUT2D eigenvalue weighted by atomic mass is 14.9. The average Bonchev–Trinajstić information content (AvgIpc) is 3.04. The predicted octanol–water partition coefficient (Wildman–Crippen LogP) is 5.12. The number of aromatic nitrogens is 1. The summed E-state index contributed by atoms with van der Waals surface area (Å²) in [7, 11) is 0. The molecule has 3 rings (SSSR count). The zero-order valence-corrected chi connectivity index (χ0v) is 14.9. The highest BCUT2D eigenvalue weighted by Crippen LogP contribution is 2.21. The number of nitrogens with one attached hydrogen (secondary N) is 1. The van der Waals surface area contributed by atoms with E-state index in [2.05, 4.69) is 53.8 Å². The Kier molecular flexibility index (Phi) is 5.18. The Labute approximate surface area is 154 Å². The van der Waals surface area contributed by atoms with E-state index in [1.807, 2.05) is 43.4 Å². The third kappa shape index (κ3) is 3.67. The number of nitrogen functional groups attached to an aromatic ring is 1. The first kappa shape index (κ1) is 17.5. The zero-order chi connectivity index (χ0) is 18.5. The lowest BCUT2D eigenvalue weighted by atomic mass is 10.0. The van der Waals surface area contributed by atoms with Crippen LogP contribution in [0.5, 0.6) is 0 Å². The van der Waals surface area contributed by atoms with Crippen molar-refractivity contribution in [3.05, 3.63) is 102 Å². The molecule has 0 fully saturated rings. The van der Waals surface area contributed by atoms with Crippen LogP contribution >= 0.6 is 0 Å². The van der Waals surface area contributed by atoms with E-state index in [4.69, 9.17) is 11.1 Å². The number of nitrogens with two attached hydrogens (primary N) is 1. The minimum Gasteiger partial charge on any atom is -0.384 e. The molecule has 0 atom stereocenters. The van der Waals surface area contributed by atoms with Crippen molar-refractivity contribution >= 4 is 22.3 Å². The summed E-state index contributed by atoms with van der Waals surface area (Å²) in [6, 6.07) is 16.5. The monoisotopic (exact) mass is 341 g/mol. The van der Waals surface area contributed by atoms with E-state index in [1.165, 1.54) is 11.1 Å². The number of hydrogen-bond acceptors (Lipinski definition) is 1. The largest absolute Gasteiger partial charge is 0.384 e. The maximum absolute atomic E-state index is 7.58. The molecule has 0 amide bonds. The van der Waals surface area contributed by atoms with Gasteiger partial charge in [0, 0.05) is 29.2 Å². The molecular formula is C23H23N3. The fourth-order valence-corrected chi connectivity index (χ4v) is 3.11. The molecule has 0 saturated carbocycles. The van der Waals surface area contributed by atoms with E-state index in [9.17, 15) is 0 Å². The van der Waals surface area contributed by atoms with Crippen LogP contribution in [0.1, 0.15) is 23.6 Å². The molecule has 0 aliphatic heterocycles. The van der Waals surface area contributed by atoms with Crippen molar-refractivity contribution in [1.29, 1.82) is 5.41 Å². The molecule has 3 aromatic rings. The van der Waals surface area contributed by atoms with Crippen molar-refractivity contribution in [3.8, 4) is 0 Å². The van der Waals surface area contributed by atoms with Gasteiger partial charge < -0.3 is 10.3 Å². The predicted molar refractivity (Wildman–Crippen MR) is 111 cm³/mol. The zero-order valence-electron chi connectivity index (χ0n) is 14.9. The lowest BCUT2D eigenvalue weighted by Gasteiger charge is -2.09. The molecule has 1 aromatic heterocycles. The number of hydrogen-bond donors (Lipinski definition) is 2. The van der Waals surface area contributed by atoms with Crippen LogP contribution in [-0.4, -0.2) is 10.4 Å². The summed E-state index contributed by atoms with van der Waals surface area (Å²) in [6.07, 6.45) is 10.0. The molecule has 3 N–H and O–H groups in total. The molecule has 26 heavy (non-hydrogen) atoms. The maximum Gasteiger partial charge on any atom is 0.122 e. The topological polar surface area (TPSA) is 54.8 Å². The van der Waals surface area contributed by atoms with Crippen molar-refractivity contribution in [2.24, 2.45) is 5.73 Å². The van der Waals surface area contributed by atoms with Gasteiger partial charge in [-0.15, -0.1) is 0 Å². The Morgan fingerprint density at radius 1 is 1.15 bits per heavy atom. The molecule has 0 aliphatic carbocycles. The summed E-state index contributed by atoms with van der Waals surface area (Å²) in [5.41, 5.74) is 11.0. The molecule has 1 heterocycles. The molecule has 130 valence electrons. The van der Waals surface area contributed by atoms with Crippen molar-refractivity contribution in [2.75, 3.05) is 0 Å². The molecule has 0 aliphatic rings. The molecule has 0 radical (unpaired) electrons. The van der Waals surface area contributed by atoms with Crippen LogP contribution in [-0.2, 0) is 6.54 Å². The third-order valence-corrected chi connectivity index (χ3v) is 4.34. The second kappa shape index (κ2) is 7.70. The fraction of sp³-hybridized carbons (Fsp3) is 0.0870. The van der Waals surface area contributed by atoms with Gasteiger partial charge in [-0.1, -0.05) is 49.1 Å². The third-order valence-electron chi connectivity index (χ3n) is 4.34. The molecule has 0 spiro atoms. The van der Waals surface area contributed by atoms with Gasteiger partial charge in [0.15, 0.2) is 0 Å². The highest BCUT2D eigenvalue weighted by molar-refractivity contribution is 5.98. The van der Waals surface area contributed by atoms with Gasteiger partial charge in [0.1, 0.15) is 5.84 Å². The van der Waals surface area contributed by atoms with Crippen LogP contribution in [0, 0.1) is 5.41 Å². The molecule has 3 heteroatoms. The van der Waals surface area contributed by atoms with Gasteiger partial charge in [-0.05, 0) is 54.0 Å². The van der Waals surface area contributed by atoms with Gasteiger partial charge in [-0.2, -0.15) is 0 Å². The van der Waals surface area contributed by atoms with Crippen LogP contribution in [0.3, 0.4) is 0 Å². The lowest BCUT2D eigenvalue weighted by molar-refractivity contribution is 0.836. The number of nitrogens with zero attached hydrogens (tertiary/aromatic N) is 1. The smallest absolute Gasteiger partial charge is 0.122 e. The standard InChI is InChI=1S/C23H23N3/c1-3-6-18(7-4-2)19-9-5-8-17(14-19)16-26-13-12-20-15-21(23(24)25)10-11-22(20)26/h3-15H,1,16H2,2H3,(H3,24,25)/b7-4-,18-6+. The first-order valence-corrected chi connectivity index (χ1v) is 8.60. The van der Waals surface area contributed by atoms with Crippen molar-refractivity contribution in [2.45, 2.75) is 13.5 Å². The van der Waals surface area contributed by atoms with Crippen molar-refractivity contribution in [1.82, 2.24) is 4.57 Å². The minimum absolute atomic E-state index is 0.0952. The van der Waals surface area contributed by atoms with E-state index in [0.717, 1.165) is 28.6 Å². The van der Waals surface area contributed by atoms with Crippen LogP contribution < -0.4 is 5.73 Å². The summed E-state index contributed by atoms with van der Waals surface area (Å²) in [4.78, 5) is 0. The summed E-state index contributed by atoms with van der Waals surface area (Å²) in [5.74, 6) is 0.0952. The van der Waals surface area contributed by atoms with E-state index in [-0.39, 0.29) is 5.84 Å². The Morgan fingerprint density at radius 2 is 2.00 bits per heavy atom. The molecule has 3 nitrogen and oxygen atoms in total. The first-order valence-electron chi connectivity index (χ1n) is 8.60. The van der Waals surface area contributed by atoms with Gasteiger partial charge in [0.2, 0.25) is 0 Å². The normalized spacial score (nSPS) is 12.0. The molecule has 0 saturated heterocycles. The second-order valence-electron chi connectivity index (χ2n) is 6.19. The van der Waals surface area contributed by atoms with Crippen molar-refractivity contribution < 1.29 is 0 Å². The summed E-state index contributed by atoms with van der Waals surface area (Å²) in [6.45, 7) is 6.61. The van der Waals surface area contributed by atoms with Gasteiger partial charge in [-0.25, -0.2) is 0 Å². The minimum atomic E-state index is 0.0952.